The summed E-state index contributed by atoms with van der Waals surface area (Å²) >= 11 is 2.88. The SMILES string of the molecule is O=[N+]([O-])c1ccc(Br)nc1S(=O)(=O)Cl. The predicted octanol–water partition coefficient (Wildman–Crippen LogP) is 1.68. The largest absolute Gasteiger partial charge is 0.307 e. The summed E-state index contributed by atoms with van der Waals surface area (Å²) in [6, 6.07) is 2.26. The van der Waals surface area contributed by atoms with Gasteiger partial charge in [0.1, 0.15) is 4.60 Å². The maximum absolute atomic E-state index is 10.9. The van der Waals surface area contributed by atoms with Crippen LogP contribution in [0.3, 0.4) is 0 Å². The average molecular weight is 302 g/mol. The average Bonchev–Trinajstić information content (AvgIpc) is 2.01. The lowest BCUT2D eigenvalue weighted by Gasteiger charge is -1.97. The quantitative estimate of drug-likeness (QED) is 0.359. The van der Waals surface area contributed by atoms with Gasteiger partial charge in [-0.1, -0.05) is 0 Å². The van der Waals surface area contributed by atoms with Crippen molar-refractivity contribution < 1.29 is 13.3 Å². The molecule has 0 saturated heterocycles. The van der Waals surface area contributed by atoms with E-state index in [0.717, 1.165) is 6.07 Å². The molecule has 0 unspecified atom stereocenters. The fraction of sp³-hybridized carbons (Fsp3) is 0. The summed E-state index contributed by atoms with van der Waals surface area (Å²) in [4.78, 5) is 13.0. The molecule has 0 fully saturated rings. The first-order chi connectivity index (χ1) is 6.32. The van der Waals surface area contributed by atoms with E-state index in [-0.39, 0.29) is 4.60 Å². The zero-order chi connectivity index (χ0) is 10.9. The topological polar surface area (TPSA) is 90.2 Å². The lowest BCUT2D eigenvalue weighted by Crippen LogP contribution is -2.01. The highest BCUT2D eigenvalue weighted by atomic mass is 79.9. The molecule has 0 aliphatic heterocycles. The summed E-state index contributed by atoms with van der Waals surface area (Å²) in [5.41, 5.74) is -0.650. The van der Waals surface area contributed by atoms with Crippen LogP contribution in [0.15, 0.2) is 21.8 Å². The molecule has 6 nitrogen and oxygen atoms in total. The van der Waals surface area contributed by atoms with Crippen LogP contribution in [0, 0.1) is 10.1 Å². The highest BCUT2D eigenvalue weighted by Crippen LogP contribution is 2.26. The number of rotatable bonds is 2. The molecule has 0 amide bonds. The van der Waals surface area contributed by atoms with Crippen LogP contribution in [0.4, 0.5) is 5.69 Å². The van der Waals surface area contributed by atoms with Crippen molar-refractivity contribution in [1.29, 1.82) is 0 Å². The molecule has 0 spiro atoms. The number of hydrogen-bond donors (Lipinski definition) is 0. The fourth-order valence-electron chi connectivity index (χ4n) is 0.729. The third kappa shape index (κ3) is 2.40. The molecule has 14 heavy (non-hydrogen) atoms. The Bertz CT molecular complexity index is 489. The first-order valence-electron chi connectivity index (χ1n) is 3.08. The molecule has 0 atom stereocenters. The van der Waals surface area contributed by atoms with Crippen LogP contribution in [0.25, 0.3) is 0 Å². The molecular formula is C5H2BrClN2O4S. The summed E-state index contributed by atoms with van der Waals surface area (Å²) in [6.45, 7) is 0. The Morgan fingerprint density at radius 2 is 2.07 bits per heavy atom. The number of pyridine rings is 1. The van der Waals surface area contributed by atoms with Crippen molar-refractivity contribution >= 4 is 41.4 Å². The van der Waals surface area contributed by atoms with E-state index in [1.165, 1.54) is 6.07 Å². The standard InChI is InChI=1S/C5H2BrClN2O4S/c6-4-2-1-3(9(10)11)5(8-4)14(7,12)13/h1-2H. The monoisotopic (exact) mass is 300 g/mol. The molecule has 1 aromatic rings. The van der Waals surface area contributed by atoms with E-state index in [4.69, 9.17) is 10.7 Å². The van der Waals surface area contributed by atoms with Gasteiger partial charge in [0.25, 0.3) is 9.05 Å². The Morgan fingerprint density at radius 3 is 2.50 bits per heavy atom. The lowest BCUT2D eigenvalue weighted by molar-refractivity contribution is -0.388. The first kappa shape index (κ1) is 11.3. The number of nitro groups is 1. The van der Waals surface area contributed by atoms with Gasteiger partial charge in [-0.25, -0.2) is 13.4 Å². The molecular weight excluding hydrogens is 299 g/mol. The van der Waals surface area contributed by atoms with Crippen molar-refractivity contribution in [2.75, 3.05) is 0 Å². The summed E-state index contributed by atoms with van der Waals surface area (Å²) in [7, 11) is 0.753. The number of aromatic nitrogens is 1. The van der Waals surface area contributed by atoms with E-state index in [9.17, 15) is 18.5 Å². The maximum Gasteiger partial charge on any atom is 0.307 e. The van der Waals surface area contributed by atoms with Crippen LogP contribution in [-0.2, 0) is 9.05 Å². The Kier molecular flexibility index (Phi) is 3.07. The molecule has 0 radical (unpaired) electrons. The molecule has 1 heterocycles. The summed E-state index contributed by atoms with van der Waals surface area (Å²) in [5.74, 6) is 0. The second-order valence-electron chi connectivity index (χ2n) is 2.15. The highest BCUT2D eigenvalue weighted by molar-refractivity contribution is 9.10. The molecule has 0 aliphatic carbocycles. The van der Waals surface area contributed by atoms with Gasteiger partial charge in [-0.05, 0) is 22.0 Å². The number of nitrogens with zero attached hydrogens (tertiary/aromatic N) is 2. The summed E-state index contributed by atoms with van der Waals surface area (Å²) < 4.78 is 21.9. The molecule has 9 heteroatoms. The van der Waals surface area contributed by atoms with E-state index < -0.39 is 24.7 Å². The van der Waals surface area contributed by atoms with E-state index >= 15 is 0 Å². The van der Waals surface area contributed by atoms with Gasteiger partial charge in [-0.2, -0.15) is 0 Å². The zero-order valence-electron chi connectivity index (χ0n) is 6.35. The van der Waals surface area contributed by atoms with Crippen LogP contribution < -0.4 is 0 Å². The van der Waals surface area contributed by atoms with Crippen molar-refractivity contribution in [3.05, 3.63) is 26.9 Å². The van der Waals surface area contributed by atoms with E-state index in [0.29, 0.717) is 0 Å². The van der Waals surface area contributed by atoms with E-state index in [2.05, 4.69) is 20.9 Å². The predicted molar refractivity (Wildman–Crippen MR) is 51.6 cm³/mol. The Balaban J connectivity index is 3.54. The Morgan fingerprint density at radius 1 is 1.50 bits per heavy atom. The van der Waals surface area contributed by atoms with Gasteiger partial charge in [0.05, 0.1) is 4.92 Å². The van der Waals surface area contributed by atoms with Crippen molar-refractivity contribution in [3.63, 3.8) is 0 Å². The minimum Gasteiger partial charge on any atom is -0.258 e. The normalized spacial score (nSPS) is 11.3. The van der Waals surface area contributed by atoms with Gasteiger partial charge in [0.15, 0.2) is 0 Å². The van der Waals surface area contributed by atoms with Crippen molar-refractivity contribution in [2.45, 2.75) is 5.03 Å². The highest BCUT2D eigenvalue weighted by Gasteiger charge is 2.25. The molecule has 76 valence electrons. The lowest BCUT2D eigenvalue weighted by atomic mass is 10.4. The second-order valence-corrected chi connectivity index (χ2v) is 5.45. The first-order valence-corrected chi connectivity index (χ1v) is 6.18. The fourth-order valence-corrected chi connectivity index (χ4v) is 2.10. The van der Waals surface area contributed by atoms with Gasteiger partial charge >= 0.3 is 5.69 Å². The molecule has 0 saturated carbocycles. The van der Waals surface area contributed by atoms with Gasteiger partial charge in [0.2, 0.25) is 5.03 Å². The van der Waals surface area contributed by atoms with E-state index in [1.54, 1.807) is 0 Å². The maximum atomic E-state index is 10.9. The van der Waals surface area contributed by atoms with Gasteiger partial charge < -0.3 is 0 Å². The van der Waals surface area contributed by atoms with Crippen molar-refractivity contribution in [2.24, 2.45) is 0 Å². The van der Waals surface area contributed by atoms with Gasteiger partial charge in [-0.3, -0.25) is 10.1 Å². The van der Waals surface area contributed by atoms with Crippen LogP contribution in [-0.4, -0.2) is 18.3 Å². The molecule has 0 N–H and O–H groups in total. The molecule has 1 aromatic heterocycles. The number of hydrogen-bond acceptors (Lipinski definition) is 5. The van der Waals surface area contributed by atoms with Crippen molar-refractivity contribution in [1.82, 2.24) is 4.98 Å². The Labute approximate surface area is 91.6 Å². The van der Waals surface area contributed by atoms with E-state index in [1.807, 2.05) is 0 Å². The zero-order valence-corrected chi connectivity index (χ0v) is 9.50. The second kappa shape index (κ2) is 3.79. The van der Waals surface area contributed by atoms with Gasteiger partial charge in [0, 0.05) is 16.7 Å². The summed E-state index contributed by atoms with van der Waals surface area (Å²) in [5, 5.41) is 9.64. The Hall–Kier alpha value is -0.730. The molecule has 0 bridgehead atoms. The van der Waals surface area contributed by atoms with Gasteiger partial charge in [-0.15, -0.1) is 0 Å². The van der Waals surface area contributed by atoms with Crippen molar-refractivity contribution in [3.8, 4) is 0 Å². The van der Waals surface area contributed by atoms with Crippen LogP contribution in [0.2, 0.25) is 0 Å². The minimum atomic E-state index is -4.21. The molecule has 0 aromatic carbocycles. The third-order valence-corrected chi connectivity index (χ3v) is 2.88. The minimum absolute atomic E-state index is 0.155. The van der Waals surface area contributed by atoms with Crippen LogP contribution in [0.1, 0.15) is 0 Å². The third-order valence-electron chi connectivity index (χ3n) is 1.23. The van der Waals surface area contributed by atoms with Crippen LogP contribution >= 0.6 is 26.6 Å². The number of halogens is 2. The summed E-state index contributed by atoms with van der Waals surface area (Å²) in [6.07, 6.45) is 0. The molecule has 1 rings (SSSR count). The van der Waals surface area contributed by atoms with Crippen LogP contribution in [0.5, 0.6) is 0 Å². The smallest absolute Gasteiger partial charge is 0.258 e. The molecule has 0 aliphatic rings.